The van der Waals surface area contributed by atoms with Crippen molar-refractivity contribution in [1.29, 1.82) is 0 Å². The Balaban J connectivity index is 2.54. The summed E-state index contributed by atoms with van der Waals surface area (Å²) < 4.78 is 0. The summed E-state index contributed by atoms with van der Waals surface area (Å²) in [6.45, 7) is 5.13. The lowest BCUT2D eigenvalue weighted by Gasteiger charge is -2.39. The molecule has 0 aliphatic carbocycles. The molecular formula is C13H23N3O4. The zero-order valence-corrected chi connectivity index (χ0v) is 12.1. The maximum atomic E-state index is 11.7. The Kier molecular flexibility index (Phi) is 5.94. The number of rotatable bonds is 5. The van der Waals surface area contributed by atoms with Crippen molar-refractivity contribution in [3.63, 3.8) is 0 Å². The van der Waals surface area contributed by atoms with E-state index in [9.17, 15) is 19.5 Å². The van der Waals surface area contributed by atoms with Gasteiger partial charge in [-0.2, -0.15) is 0 Å². The third kappa shape index (κ3) is 4.19. The number of urea groups is 1. The normalized spacial score (nSPS) is 23.1. The molecule has 1 aliphatic heterocycles. The molecule has 7 heteroatoms. The van der Waals surface area contributed by atoms with Gasteiger partial charge in [0.2, 0.25) is 5.91 Å². The predicted molar refractivity (Wildman–Crippen MR) is 73.2 cm³/mol. The number of likely N-dealkylation sites (tertiary alicyclic amines) is 1. The minimum Gasteiger partial charge on any atom is -0.481 e. The van der Waals surface area contributed by atoms with Gasteiger partial charge in [-0.3, -0.25) is 19.8 Å². The maximum Gasteiger partial charge on any atom is 0.321 e. The molecule has 7 nitrogen and oxygen atoms in total. The fourth-order valence-corrected chi connectivity index (χ4v) is 2.55. The zero-order chi connectivity index (χ0) is 15.2. The number of carboxylic acids is 1. The lowest BCUT2D eigenvalue weighted by Crippen LogP contribution is -2.51. The molecule has 3 amide bonds. The molecule has 1 atom stereocenters. The largest absolute Gasteiger partial charge is 0.481 e. The standard InChI is InChI=1S/C13H23N3O4/c1-3-13(11(18)19)6-5-7-16(9-13)8-10(17)15-12(20)14-4-2/h3-9H2,1-2H3,(H,18,19)(H2,14,15,17,20). The summed E-state index contributed by atoms with van der Waals surface area (Å²) in [4.78, 5) is 36.1. The van der Waals surface area contributed by atoms with Crippen LogP contribution in [0.2, 0.25) is 0 Å². The molecule has 1 fully saturated rings. The number of hydrogen-bond acceptors (Lipinski definition) is 4. The van der Waals surface area contributed by atoms with Gasteiger partial charge in [0, 0.05) is 13.1 Å². The summed E-state index contributed by atoms with van der Waals surface area (Å²) in [5.74, 6) is -1.22. The van der Waals surface area contributed by atoms with Gasteiger partial charge in [-0.05, 0) is 32.7 Å². The average molecular weight is 285 g/mol. The Morgan fingerprint density at radius 1 is 1.30 bits per heavy atom. The van der Waals surface area contributed by atoms with Gasteiger partial charge in [-0.25, -0.2) is 4.79 Å². The molecule has 1 aliphatic rings. The Bertz CT molecular complexity index is 386. The summed E-state index contributed by atoms with van der Waals surface area (Å²) in [5.41, 5.74) is -0.774. The maximum absolute atomic E-state index is 11.7. The molecule has 0 saturated carbocycles. The number of nitrogens with zero attached hydrogens (tertiary/aromatic N) is 1. The SMILES string of the molecule is CCNC(=O)NC(=O)CN1CCCC(CC)(C(=O)O)C1. The van der Waals surface area contributed by atoms with E-state index >= 15 is 0 Å². The Labute approximate surface area is 118 Å². The average Bonchev–Trinajstić information content (AvgIpc) is 2.38. The molecule has 1 unspecified atom stereocenters. The highest BCUT2D eigenvalue weighted by molar-refractivity contribution is 5.95. The van der Waals surface area contributed by atoms with Crippen molar-refractivity contribution in [2.45, 2.75) is 33.1 Å². The fourth-order valence-electron chi connectivity index (χ4n) is 2.55. The second kappa shape index (κ2) is 7.23. The molecule has 0 aromatic carbocycles. The van der Waals surface area contributed by atoms with Crippen LogP contribution in [0.3, 0.4) is 0 Å². The summed E-state index contributed by atoms with van der Waals surface area (Å²) in [5, 5.41) is 14.1. The van der Waals surface area contributed by atoms with Crippen LogP contribution in [0.1, 0.15) is 33.1 Å². The van der Waals surface area contributed by atoms with Crippen LogP contribution in [0.5, 0.6) is 0 Å². The third-order valence-electron chi connectivity index (χ3n) is 3.74. The number of aliphatic carboxylic acids is 1. The Hall–Kier alpha value is -1.63. The minimum atomic E-state index is -0.811. The van der Waals surface area contributed by atoms with Crippen molar-refractivity contribution in [3.8, 4) is 0 Å². The third-order valence-corrected chi connectivity index (χ3v) is 3.74. The molecular weight excluding hydrogens is 262 g/mol. The van der Waals surface area contributed by atoms with Crippen LogP contribution in [0, 0.1) is 5.41 Å². The number of carboxylic acid groups (broad SMARTS) is 1. The van der Waals surface area contributed by atoms with Crippen molar-refractivity contribution < 1.29 is 19.5 Å². The molecule has 3 N–H and O–H groups in total. The van der Waals surface area contributed by atoms with Crippen LogP contribution in [0.15, 0.2) is 0 Å². The van der Waals surface area contributed by atoms with E-state index in [0.29, 0.717) is 32.5 Å². The summed E-state index contributed by atoms with van der Waals surface area (Å²) >= 11 is 0. The topological polar surface area (TPSA) is 98.7 Å². The molecule has 1 rings (SSSR count). The molecule has 0 aromatic heterocycles. The van der Waals surface area contributed by atoms with Gasteiger partial charge in [0.25, 0.3) is 0 Å². The summed E-state index contributed by atoms with van der Waals surface area (Å²) in [7, 11) is 0. The highest BCUT2D eigenvalue weighted by atomic mass is 16.4. The van der Waals surface area contributed by atoms with Gasteiger partial charge < -0.3 is 10.4 Å². The zero-order valence-electron chi connectivity index (χ0n) is 12.1. The smallest absolute Gasteiger partial charge is 0.321 e. The van der Waals surface area contributed by atoms with Gasteiger partial charge in [0.05, 0.1) is 12.0 Å². The quantitative estimate of drug-likeness (QED) is 0.679. The molecule has 1 saturated heterocycles. The monoisotopic (exact) mass is 285 g/mol. The Morgan fingerprint density at radius 3 is 2.55 bits per heavy atom. The molecule has 20 heavy (non-hydrogen) atoms. The molecule has 0 radical (unpaired) electrons. The highest BCUT2D eigenvalue weighted by Crippen LogP contribution is 2.33. The van der Waals surface area contributed by atoms with Gasteiger partial charge in [-0.15, -0.1) is 0 Å². The van der Waals surface area contributed by atoms with Crippen LogP contribution in [0.25, 0.3) is 0 Å². The van der Waals surface area contributed by atoms with Crippen molar-refractivity contribution in [1.82, 2.24) is 15.5 Å². The Morgan fingerprint density at radius 2 is 2.00 bits per heavy atom. The lowest BCUT2D eigenvalue weighted by molar-refractivity contribution is -0.153. The lowest BCUT2D eigenvalue weighted by atomic mass is 9.77. The number of amides is 3. The minimum absolute atomic E-state index is 0.0478. The number of piperidine rings is 1. The summed E-state index contributed by atoms with van der Waals surface area (Å²) in [6, 6.07) is -0.519. The van der Waals surface area contributed by atoms with Crippen LogP contribution in [-0.2, 0) is 9.59 Å². The van der Waals surface area contributed by atoms with E-state index in [2.05, 4.69) is 10.6 Å². The molecule has 114 valence electrons. The number of hydrogen-bond donors (Lipinski definition) is 3. The molecule has 1 heterocycles. The van der Waals surface area contributed by atoms with Crippen molar-refractivity contribution in [2.24, 2.45) is 5.41 Å². The van der Waals surface area contributed by atoms with Crippen LogP contribution in [0.4, 0.5) is 4.79 Å². The van der Waals surface area contributed by atoms with Crippen molar-refractivity contribution in [3.05, 3.63) is 0 Å². The van der Waals surface area contributed by atoms with Crippen LogP contribution >= 0.6 is 0 Å². The van der Waals surface area contributed by atoms with Crippen molar-refractivity contribution in [2.75, 3.05) is 26.2 Å². The van der Waals surface area contributed by atoms with Gasteiger partial charge in [0.1, 0.15) is 0 Å². The second-order valence-corrected chi connectivity index (χ2v) is 5.16. The molecule has 0 bridgehead atoms. The highest BCUT2D eigenvalue weighted by Gasteiger charge is 2.41. The van der Waals surface area contributed by atoms with E-state index in [0.717, 1.165) is 6.42 Å². The first-order valence-corrected chi connectivity index (χ1v) is 6.97. The first-order valence-electron chi connectivity index (χ1n) is 6.97. The van der Waals surface area contributed by atoms with Gasteiger partial charge >= 0.3 is 12.0 Å². The van der Waals surface area contributed by atoms with Gasteiger partial charge in [0.15, 0.2) is 0 Å². The summed E-state index contributed by atoms with van der Waals surface area (Å²) in [6.07, 6.45) is 1.92. The first-order chi connectivity index (χ1) is 9.43. The number of carbonyl (C=O) groups excluding carboxylic acids is 2. The number of carbonyl (C=O) groups is 3. The van der Waals surface area contributed by atoms with E-state index in [-0.39, 0.29) is 6.54 Å². The molecule has 0 spiro atoms. The van der Waals surface area contributed by atoms with Gasteiger partial charge in [-0.1, -0.05) is 6.92 Å². The second-order valence-electron chi connectivity index (χ2n) is 5.16. The van der Waals surface area contributed by atoms with E-state index < -0.39 is 23.3 Å². The molecule has 0 aromatic rings. The van der Waals surface area contributed by atoms with Crippen LogP contribution < -0.4 is 10.6 Å². The number of nitrogens with one attached hydrogen (secondary N) is 2. The van der Waals surface area contributed by atoms with E-state index in [4.69, 9.17) is 0 Å². The van der Waals surface area contributed by atoms with E-state index in [1.807, 2.05) is 6.92 Å². The fraction of sp³-hybridized carbons (Fsp3) is 0.769. The van der Waals surface area contributed by atoms with Crippen LogP contribution in [-0.4, -0.2) is 54.1 Å². The predicted octanol–water partition coefficient (Wildman–Crippen LogP) is 0.409. The van der Waals surface area contributed by atoms with Crippen molar-refractivity contribution >= 4 is 17.9 Å². The first kappa shape index (κ1) is 16.4. The van der Waals surface area contributed by atoms with E-state index in [1.54, 1.807) is 11.8 Å². The van der Waals surface area contributed by atoms with E-state index in [1.165, 1.54) is 0 Å². The number of imide groups is 1.